The average Bonchev–Trinajstić information content (AvgIpc) is 2.39. The van der Waals surface area contributed by atoms with Crippen molar-refractivity contribution in [3.8, 4) is 0 Å². The molecule has 0 radical (unpaired) electrons. The normalized spacial score (nSPS) is 10.8. The molecule has 0 saturated heterocycles. The van der Waals surface area contributed by atoms with Crippen LogP contribution in [0.2, 0.25) is 0 Å². The second-order valence-corrected chi connectivity index (χ2v) is 3.86. The molecule has 0 amide bonds. The number of hydrogen-bond acceptors (Lipinski definition) is 3. The number of carbonyl (C=O) groups is 2. The zero-order valence-electron chi connectivity index (χ0n) is 11.7. The number of carbonyl (C=O) groups excluding carboxylic acids is 2. The minimum Gasteiger partial charge on any atom is -0.468 e. The number of benzene rings is 1. The Morgan fingerprint density at radius 2 is 1.74 bits per heavy atom. The van der Waals surface area contributed by atoms with Crippen LogP contribution in [-0.2, 0) is 14.3 Å². The van der Waals surface area contributed by atoms with Gasteiger partial charge in [0.05, 0.1) is 6.61 Å². The van der Waals surface area contributed by atoms with Gasteiger partial charge in [0.1, 0.15) is 5.82 Å². The third-order valence-corrected chi connectivity index (χ3v) is 2.60. The quantitative estimate of drug-likeness (QED) is 0.619. The summed E-state index contributed by atoms with van der Waals surface area (Å²) in [6.45, 7) is 7.84. The molecule has 0 bridgehead atoms. The van der Waals surface area contributed by atoms with Crippen LogP contribution >= 0.6 is 0 Å². The molecule has 0 aromatic heterocycles. The van der Waals surface area contributed by atoms with Gasteiger partial charge in [0, 0.05) is 0 Å². The van der Waals surface area contributed by atoms with E-state index in [0.29, 0.717) is 13.1 Å². The van der Waals surface area contributed by atoms with Crippen molar-refractivity contribution in [3.63, 3.8) is 0 Å². The molecule has 104 valence electrons. The largest absolute Gasteiger partial charge is 0.468 e. The second kappa shape index (κ2) is 9.03. The van der Waals surface area contributed by atoms with E-state index in [2.05, 4.69) is 4.74 Å². The first kappa shape index (κ1) is 17.0. The SMILES string of the molecule is CC(=O)/C(C)=C(/C)c1ccc(F)cc1.CCOC=O. The lowest BCUT2D eigenvalue weighted by molar-refractivity contribution is -0.128. The van der Waals surface area contributed by atoms with Gasteiger partial charge in [-0.05, 0) is 56.5 Å². The minimum atomic E-state index is -0.262. The Bertz CT molecular complexity index is 447. The van der Waals surface area contributed by atoms with E-state index in [9.17, 15) is 14.0 Å². The smallest absolute Gasteiger partial charge is 0.293 e. The maximum absolute atomic E-state index is 12.6. The maximum Gasteiger partial charge on any atom is 0.293 e. The summed E-state index contributed by atoms with van der Waals surface area (Å²) in [6, 6.07) is 6.15. The van der Waals surface area contributed by atoms with Crippen molar-refractivity contribution >= 4 is 17.8 Å². The van der Waals surface area contributed by atoms with Crippen LogP contribution in [0, 0.1) is 5.82 Å². The summed E-state index contributed by atoms with van der Waals surface area (Å²) in [5.74, 6) is -0.214. The average molecular weight is 266 g/mol. The van der Waals surface area contributed by atoms with Crippen molar-refractivity contribution in [2.75, 3.05) is 6.61 Å². The summed E-state index contributed by atoms with van der Waals surface area (Å²) in [7, 11) is 0. The summed E-state index contributed by atoms with van der Waals surface area (Å²) in [5.41, 5.74) is 2.51. The van der Waals surface area contributed by atoms with Crippen LogP contribution in [0.5, 0.6) is 0 Å². The maximum atomic E-state index is 12.6. The first-order valence-corrected chi connectivity index (χ1v) is 5.93. The number of allylic oxidation sites excluding steroid dienone is 2. The lowest BCUT2D eigenvalue weighted by Crippen LogP contribution is -1.95. The zero-order valence-corrected chi connectivity index (χ0v) is 11.7. The molecule has 3 nitrogen and oxygen atoms in total. The molecule has 0 aliphatic carbocycles. The molecular formula is C15H19FO3. The molecule has 1 rings (SSSR count). The minimum absolute atomic E-state index is 0.0480. The van der Waals surface area contributed by atoms with Crippen LogP contribution in [0.1, 0.15) is 33.3 Å². The van der Waals surface area contributed by atoms with E-state index in [1.165, 1.54) is 19.1 Å². The van der Waals surface area contributed by atoms with Crippen molar-refractivity contribution < 1.29 is 18.7 Å². The van der Waals surface area contributed by atoms with Crippen molar-refractivity contribution in [1.29, 1.82) is 0 Å². The van der Waals surface area contributed by atoms with Gasteiger partial charge >= 0.3 is 0 Å². The van der Waals surface area contributed by atoms with Gasteiger partial charge in [-0.15, -0.1) is 0 Å². The fourth-order valence-electron chi connectivity index (χ4n) is 1.25. The van der Waals surface area contributed by atoms with Crippen molar-refractivity contribution in [1.82, 2.24) is 0 Å². The summed E-state index contributed by atoms with van der Waals surface area (Å²) >= 11 is 0. The fourth-order valence-corrected chi connectivity index (χ4v) is 1.25. The first-order valence-electron chi connectivity index (χ1n) is 5.93. The number of ketones is 1. The molecular weight excluding hydrogens is 247 g/mol. The Hall–Kier alpha value is -1.97. The molecule has 1 aromatic rings. The van der Waals surface area contributed by atoms with E-state index in [4.69, 9.17) is 0 Å². The van der Waals surface area contributed by atoms with Crippen LogP contribution in [-0.4, -0.2) is 18.9 Å². The predicted molar refractivity (Wildman–Crippen MR) is 73.0 cm³/mol. The van der Waals surface area contributed by atoms with Gasteiger partial charge in [0.2, 0.25) is 0 Å². The first-order chi connectivity index (χ1) is 8.93. The molecule has 4 heteroatoms. The van der Waals surface area contributed by atoms with Crippen LogP contribution < -0.4 is 0 Å². The van der Waals surface area contributed by atoms with E-state index in [1.54, 1.807) is 26.0 Å². The van der Waals surface area contributed by atoms with Gasteiger partial charge < -0.3 is 4.74 Å². The third kappa shape index (κ3) is 6.50. The molecule has 0 unspecified atom stereocenters. The van der Waals surface area contributed by atoms with Gasteiger partial charge in [-0.25, -0.2) is 4.39 Å². The Morgan fingerprint density at radius 3 is 2.05 bits per heavy atom. The van der Waals surface area contributed by atoms with E-state index in [0.717, 1.165) is 16.7 Å². The number of hydrogen-bond donors (Lipinski definition) is 0. The molecule has 0 fully saturated rings. The Kier molecular flexibility index (Phi) is 8.09. The van der Waals surface area contributed by atoms with Crippen molar-refractivity contribution in [3.05, 3.63) is 41.2 Å². The molecule has 19 heavy (non-hydrogen) atoms. The molecule has 0 saturated carbocycles. The summed E-state index contributed by atoms with van der Waals surface area (Å²) < 4.78 is 16.8. The fraction of sp³-hybridized carbons (Fsp3) is 0.333. The van der Waals surface area contributed by atoms with Crippen molar-refractivity contribution in [2.45, 2.75) is 27.7 Å². The van der Waals surface area contributed by atoms with Crippen LogP contribution in [0.25, 0.3) is 5.57 Å². The van der Waals surface area contributed by atoms with Crippen LogP contribution in [0.15, 0.2) is 29.8 Å². The van der Waals surface area contributed by atoms with Crippen molar-refractivity contribution in [2.24, 2.45) is 0 Å². The molecule has 0 atom stereocenters. The highest BCUT2D eigenvalue weighted by Crippen LogP contribution is 2.18. The third-order valence-electron chi connectivity index (χ3n) is 2.60. The number of rotatable bonds is 4. The lowest BCUT2D eigenvalue weighted by Gasteiger charge is -2.04. The Balaban J connectivity index is 0.000000555. The van der Waals surface area contributed by atoms with E-state index in [-0.39, 0.29) is 11.6 Å². The molecule has 0 spiro atoms. The Labute approximate surface area is 113 Å². The van der Waals surface area contributed by atoms with E-state index < -0.39 is 0 Å². The summed E-state index contributed by atoms with van der Waals surface area (Å²) in [6.07, 6.45) is 0. The molecule has 0 aliphatic rings. The summed E-state index contributed by atoms with van der Waals surface area (Å²) in [5, 5.41) is 0. The topological polar surface area (TPSA) is 43.4 Å². The molecule has 0 aliphatic heterocycles. The van der Waals surface area contributed by atoms with Crippen LogP contribution in [0.4, 0.5) is 4.39 Å². The highest BCUT2D eigenvalue weighted by atomic mass is 19.1. The summed E-state index contributed by atoms with van der Waals surface area (Å²) in [4.78, 5) is 20.3. The second-order valence-electron chi connectivity index (χ2n) is 3.86. The molecule has 1 aromatic carbocycles. The lowest BCUT2D eigenvalue weighted by atomic mass is 10.0. The van der Waals surface area contributed by atoms with Gasteiger partial charge in [-0.2, -0.15) is 0 Å². The number of halogens is 1. The molecule has 0 N–H and O–H groups in total. The van der Waals surface area contributed by atoms with E-state index in [1.807, 2.05) is 6.92 Å². The monoisotopic (exact) mass is 266 g/mol. The predicted octanol–water partition coefficient (Wildman–Crippen LogP) is 3.39. The van der Waals surface area contributed by atoms with E-state index >= 15 is 0 Å². The zero-order chi connectivity index (χ0) is 14.8. The molecule has 0 heterocycles. The van der Waals surface area contributed by atoms with Gasteiger partial charge in [0.25, 0.3) is 6.47 Å². The highest BCUT2D eigenvalue weighted by molar-refractivity contribution is 6.00. The standard InChI is InChI=1S/C12H13FO.C3H6O2/c1-8(10(3)14)9(2)11-4-6-12(13)7-5-11;1-2-5-3-4/h4-7H,1-3H3;3H,2H2,1H3/b9-8-;. The number of Topliss-reactive ketones (excluding diaryl/α,β-unsaturated/α-hetero) is 1. The van der Waals surface area contributed by atoms with Gasteiger partial charge in [0.15, 0.2) is 5.78 Å². The van der Waals surface area contributed by atoms with Gasteiger partial charge in [-0.1, -0.05) is 12.1 Å². The van der Waals surface area contributed by atoms with Crippen LogP contribution in [0.3, 0.4) is 0 Å². The number of ether oxygens (including phenoxy) is 1. The highest BCUT2D eigenvalue weighted by Gasteiger charge is 2.04. The Morgan fingerprint density at radius 1 is 1.21 bits per heavy atom. The van der Waals surface area contributed by atoms with Gasteiger partial charge in [-0.3, -0.25) is 9.59 Å².